The minimum atomic E-state index is -1.62. The predicted molar refractivity (Wildman–Crippen MR) is 24.5 cm³/mol. The molecule has 0 fully saturated rings. The van der Waals surface area contributed by atoms with Crippen LogP contribution in [0.4, 0.5) is 4.79 Å². The maximum Gasteiger partial charge on any atom is 0.315 e. The number of carboxylic acid groups (broad SMARTS) is 1. The molecule has 0 bridgehead atoms. The topological polar surface area (TPSA) is 40.1 Å². The van der Waals surface area contributed by atoms with Gasteiger partial charge in [0.25, 0.3) is 9.32 Å². The van der Waals surface area contributed by atoms with Crippen molar-refractivity contribution in [2.45, 2.75) is 0 Å². The standard InChI is InChI=1S/CCl2O2S/c2-6(3)1(4)5. The number of carbonyl (C=O) groups excluding carboxylic acids is 1. The van der Waals surface area contributed by atoms with E-state index in [1.54, 1.807) is 0 Å². The summed E-state index contributed by atoms with van der Waals surface area (Å²) in [6.07, 6.45) is 0. The summed E-state index contributed by atoms with van der Waals surface area (Å²) >= 11 is 0. The molecule has 0 rings (SSSR count). The first-order chi connectivity index (χ1) is 2.64. The molecule has 0 saturated heterocycles. The van der Waals surface area contributed by atoms with Crippen LogP contribution in [0.3, 0.4) is 0 Å². The van der Waals surface area contributed by atoms with Crippen LogP contribution in [0.2, 0.25) is 0 Å². The molecule has 6 heavy (non-hydrogen) atoms. The highest BCUT2D eigenvalue weighted by molar-refractivity contribution is 8.44. The first kappa shape index (κ1) is 6.40. The summed E-state index contributed by atoms with van der Waals surface area (Å²) in [5.74, 6) is 0. The molecule has 0 aliphatic heterocycles. The SMILES string of the molecule is O=C([O-])[S+](Cl)Cl. The first-order valence-corrected chi connectivity index (χ1v) is 3.80. The maximum absolute atomic E-state index is 9.34. The van der Waals surface area contributed by atoms with Crippen LogP contribution >= 0.6 is 21.4 Å². The lowest BCUT2D eigenvalue weighted by atomic mass is 11.6. The monoisotopic (exact) mass is 146 g/mol. The summed E-state index contributed by atoms with van der Waals surface area (Å²) in [4.78, 5) is 9.34. The third-order valence-corrected chi connectivity index (χ3v) is 1.13. The number of halogens is 2. The van der Waals surface area contributed by atoms with E-state index in [0.29, 0.717) is 0 Å². The first-order valence-electron chi connectivity index (χ1n) is 0.921. The number of hydrogen-bond acceptors (Lipinski definition) is 2. The van der Waals surface area contributed by atoms with Gasteiger partial charge in [-0.15, -0.1) is 0 Å². The molecular weight excluding hydrogens is 147 g/mol. The van der Waals surface area contributed by atoms with Crippen LogP contribution in [-0.2, 0) is 9.32 Å². The fourth-order valence-electron chi connectivity index (χ4n) is 0. The summed E-state index contributed by atoms with van der Waals surface area (Å²) < 4.78 is 0. The molecule has 0 saturated carbocycles. The van der Waals surface area contributed by atoms with E-state index < -0.39 is 14.6 Å². The Balaban J connectivity index is 3.26. The van der Waals surface area contributed by atoms with Crippen LogP contribution in [0.15, 0.2) is 0 Å². The van der Waals surface area contributed by atoms with Gasteiger partial charge in [0.05, 0.1) is 0 Å². The van der Waals surface area contributed by atoms with Crippen molar-refractivity contribution in [1.29, 1.82) is 0 Å². The normalized spacial score (nSPS) is 9.17. The van der Waals surface area contributed by atoms with Crippen LogP contribution in [0.5, 0.6) is 0 Å². The third-order valence-electron chi connectivity index (χ3n) is 0.126. The maximum atomic E-state index is 9.34. The van der Waals surface area contributed by atoms with Crippen molar-refractivity contribution in [2.75, 3.05) is 0 Å². The molecule has 0 amide bonds. The summed E-state index contributed by atoms with van der Waals surface area (Å²) in [6, 6.07) is 0. The molecule has 5 heteroatoms. The lowest BCUT2D eigenvalue weighted by molar-refractivity contribution is -0.232. The molecule has 0 radical (unpaired) electrons. The fraction of sp³-hybridized carbons (Fsp3) is 0. The fourth-order valence-corrected chi connectivity index (χ4v) is 0. The highest BCUT2D eigenvalue weighted by Gasteiger charge is 2.13. The zero-order valence-corrected chi connectivity index (χ0v) is 4.81. The molecule has 0 unspecified atom stereocenters. The number of rotatable bonds is 0. The molecule has 0 aliphatic rings. The van der Waals surface area contributed by atoms with Crippen molar-refractivity contribution in [3.63, 3.8) is 0 Å². The van der Waals surface area contributed by atoms with Crippen molar-refractivity contribution < 1.29 is 9.90 Å². The van der Waals surface area contributed by atoms with Gasteiger partial charge < -0.3 is 9.90 Å². The number of carbonyl (C=O) groups is 1. The average molecular weight is 147 g/mol. The third kappa shape index (κ3) is 2.63. The Labute approximate surface area is 46.4 Å². The van der Waals surface area contributed by atoms with Crippen LogP contribution in [0.25, 0.3) is 0 Å². The van der Waals surface area contributed by atoms with Crippen molar-refractivity contribution >= 4 is 36.0 Å². The molecule has 2 nitrogen and oxygen atoms in total. The Morgan fingerprint density at radius 1 is 1.67 bits per heavy atom. The molecule has 0 heterocycles. The molecule has 0 aliphatic carbocycles. The van der Waals surface area contributed by atoms with Gasteiger partial charge in [-0.2, -0.15) is 0 Å². The average Bonchev–Trinajstić information content (AvgIpc) is 1.36. The van der Waals surface area contributed by atoms with Crippen molar-refractivity contribution in [2.24, 2.45) is 0 Å². The Morgan fingerprint density at radius 2 is 1.83 bits per heavy atom. The van der Waals surface area contributed by atoms with Crippen LogP contribution in [0, 0.1) is 0 Å². The zero-order valence-electron chi connectivity index (χ0n) is 2.48. The quantitative estimate of drug-likeness (QED) is 0.461. The van der Waals surface area contributed by atoms with Gasteiger partial charge in [0.2, 0.25) is 21.4 Å². The highest BCUT2D eigenvalue weighted by atomic mass is 36.0. The molecular formula is CCl2O2S. The molecule has 0 N–H and O–H groups in total. The number of hydrogen-bond donors (Lipinski definition) is 0. The van der Waals surface area contributed by atoms with E-state index in [9.17, 15) is 9.90 Å². The predicted octanol–water partition coefficient (Wildman–Crippen LogP) is 0.256. The van der Waals surface area contributed by atoms with Gasteiger partial charge in [0.1, 0.15) is 0 Å². The summed E-state index contributed by atoms with van der Waals surface area (Å²) in [7, 11) is 7.87. The van der Waals surface area contributed by atoms with E-state index in [1.165, 1.54) is 0 Å². The Kier molecular flexibility index (Phi) is 2.72. The lowest BCUT2D eigenvalue weighted by Gasteiger charge is -1.79. The highest BCUT2D eigenvalue weighted by Crippen LogP contribution is 2.05. The molecule has 0 aromatic carbocycles. The molecule has 0 atom stereocenters. The van der Waals surface area contributed by atoms with E-state index in [0.717, 1.165) is 0 Å². The van der Waals surface area contributed by atoms with Crippen LogP contribution < -0.4 is 5.11 Å². The van der Waals surface area contributed by atoms with E-state index in [-0.39, 0.29) is 0 Å². The van der Waals surface area contributed by atoms with Gasteiger partial charge >= 0.3 is 5.30 Å². The van der Waals surface area contributed by atoms with Gasteiger partial charge in [0, 0.05) is 0 Å². The molecule has 0 aromatic heterocycles. The summed E-state index contributed by atoms with van der Waals surface area (Å²) in [6.45, 7) is 0. The van der Waals surface area contributed by atoms with E-state index in [2.05, 4.69) is 0 Å². The van der Waals surface area contributed by atoms with Crippen molar-refractivity contribution in [3.05, 3.63) is 0 Å². The second-order valence-corrected chi connectivity index (χ2v) is 3.55. The minimum Gasteiger partial charge on any atom is -0.501 e. The largest absolute Gasteiger partial charge is 0.501 e. The minimum absolute atomic E-state index is 1.43. The van der Waals surface area contributed by atoms with E-state index in [1.807, 2.05) is 0 Å². The van der Waals surface area contributed by atoms with Gasteiger partial charge in [-0.25, -0.2) is 0 Å². The summed E-state index contributed by atoms with van der Waals surface area (Å²) in [5, 5.41) is 7.90. The van der Waals surface area contributed by atoms with Gasteiger partial charge in [-0.3, -0.25) is 0 Å². The van der Waals surface area contributed by atoms with Crippen LogP contribution in [0.1, 0.15) is 0 Å². The van der Waals surface area contributed by atoms with Gasteiger partial charge in [-0.05, 0) is 0 Å². The van der Waals surface area contributed by atoms with Crippen molar-refractivity contribution in [3.8, 4) is 0 Å². The Bertz CT molecular complexity index is 62.6. The lowest BCUT2D eigenvalue weighted by Crippen LogP contribution is -2.22. The second-order valence-electron chi connectivity index (χ2n) is 0.463. The summed E-state index contributed by atoms with van der Waals surface area (Å²) in [5.41, 5.74) is 0. The smallest absolute Gasteiger partial charge is 0.315 e. The van der Waals surface area contributed by atoms with E-state index >= 15 is 0 Å². The molecule has 36 valence electrons. The van der Waals surface area contributed by atoms with Crippen LogP contribution in [-0.4, -0.2) is 5.30 Å². The van der Waals surface area contributed by atoms with Gasteiger partial charge in [0.15, 0.2) is 0 Å². The Hall–Kier alpha value is 0.400. The van der Waals surface area contributed by atoms with Gasteiger partial charge in [-0.1, -0.05) is 0 Å². The zero-order chi connectivity index (χ0) is 5.15. The molecule has 0 spiro atoms. The second kappa shape index (κ2) is 2.55. The Morgan fingerprint density at radius 3 is 1.83 bits per heavy atom. The molecule has 0 aromatic rings. The van der Waals surface area contributed by atoms with Crippen molar-refractivity contribution in [1.82, 2.24) is 0 Å². The van der Waals surface area contributed by atoms with E-state index in [4.69, 9.17) is 21.4 Å².